The van der Waals surface area contributed by atoms with Crippen molar-refractivity contribution in [2.45, 2.75) is 13.8 Å². The third kappa shape index (κ3) is 2.16. The SMILES string of the molecule is CC(C)(C(N)=O)C(=O)N1CC(=O)Nc2ccccc21. The molecule has 1 aromatic rings. The topological polar surface area (TPSA) is 92.5 Å². The molecule has 1 heterocycles. The standard InChI is InChI=1S/C13H15N3O3/c1-13(2,11(14)18)12(19)16-7-10(17)15-8-5-3-4-6-9(8)16/h3-6H,7H2,1-2H3,(H2,14,18)(H,15,17). The number of hydrogen-bond acceptors (Lipinski definition) is 3. The highest BCUT2D eigenvalue weighted by atomic mass is 16.2. The van der Waals surface area contributed by atoms with Crippen molar-refractivity contribution in [3.8, 4) is 0 Å². The molecule has 0 fully saturated rings. The van der Waals surface area contributed by atoms with Crippen LogP contribution in [0.2, 0.25) is 0 Å². The average Bonchev–Trinajstić information content (AvgIpc) is 2.36. The van der Waals surface area contributed by atoms with Crippen LogP contribution in [0.15, 0.2) is 24.3 Å². The fraction of sp³-hybridized carbons (Fsp3) is 0.308. The summed E-state index contributed by atoms with van der Waals surface area (Å²) >= 11 is 0. The van der Waals surface area contributed by atoms with Crippen molar-refractivity contribution in [2.24, 2.45) is 11.1 Å². The van der Waals surface area contributed by atoms with Crippen LogP contribution in [-0.4, -0.2) is 24.3 Å². The molecule has 0 saturated carbocycles. The van der Waals surface area contributed by atoms with Crippen LogP contribution >= 0.6 is 0 Å². The minimum Gasteiger partial charge on any atom is -0.369 e. The first-order chi connectivity index (χ1) is 8.84. The van der Waals surface area contributed by atoms with Gasteiger partial charge >= 0.3 is 0 Å². The van der Waals surface area contributed by atoms with E-state index < -0.39 is 17.2 Å². The Balaban J connectivity index is 2.44. The van der Waals surface area contributed by atoms with Crippen molar-refractivity contribution < 1.29 is 14.4 Å². The number of anilines is 2. The maximum atomic E-state index is 12.4. The van der Waals surface area contributed by atoms with Gasteiger partial charge in [-0.1, -0.05) is 12.1 Å². The van der Waals surface area contributed by atoms with Crippen LogP contribution < -0.4 is 16.0 Å². The zero-order valence-electron chi connectivity index (χ0n) is 10.8. The molecule has 0 radical (unpaired) electrons. The van der Waals surface area contributed by atoms with Crippen LogP contribution in [0.3, 0.4) is 0 Å². The molecule has 6 heteroatoms. The molecular formula is C13H15N3O3. The van der Waals surface area contributed by atoms with Gasteiger partial charge in [-0.3, -0.25) is 14.4 Å². The molecule has 2 rings (SSSR count). The first-order valence-corrected chi connectivity index (χ1v) is 5.85. The zero-order chi connectivity index (χ0) is 14.2. The molecule has 0 unspecified atom stereocenters. The molecule has 3 N–H and O–H groups in total. The number of fused-ring (bicyclic) bond motifs is 1. The summed E-state index contributed by atoms with van der Waals surface area (Å²) in [6.45, 7) is 2.78. The Hall–Kier alpha value is -2.37. The lowest BCUT2D eigenvalue weighted by Gasteiger charge is -2.33. The normalized spacial score (nSPS) is 14.6. The van der Waals surface area contributed by atoms with E-state index in [9.17, 15) is 14.4 Å². The zero-order valence-corrected chi connectivity index (χ0v) is 10.8. The average molecular weight is 261 g/mol. The Morgan fingerprint density at radius 1 is 1.32 bits per heavy atom. The van der Waals surface area contributed by atoms with Crippen LogP contribution in [0.5, 0.6) is 0 Å². The molecule has 6 nitrogen and oxygen atoms in total. The molecule has 1 aliphatic heterocycles. The molecule has 1 aliphatic rings. The number of carbonyl (C=O) groups excluding carboxylic acids is 3. The van der Waals surface area contributed by atoms with Gasteiger partial charge in [-0.15, -0.1) is 0 Å². The maximum Gasteiger partial charge on any atom is 0.244 e. The lowest BCUT2D eigenvalue weighted by atomic mass is 9.90. The van der Waals surface area contributed by atoms with Gasteiger partial charge < -0.3 is 16.0 Å². The minimum absolute atomic E-state index is 0.118. The Morgan fingerprint density at radius 2 is 1.95 bits per heavy atom. The number of amides is 3. The first-order valence-electron chi connectivity index (χ1n) is 5.85. The van der Waals surface area contributed by atoms with Gasteiger partial charge in [-0.05, 0) is 26.0 Å². The number of primary amides is 1. The maximum absolute atomic E-state index is 12.4. The second kappa shape index (κ2) is 4.38. The predicted octanol–water partition coefficient (Wildman–Crippen LogP) is 0.483. The number of benzene rings is 1. The third-order valence-corrected chi connectivity index (χ3v) is 3.17. The van der Waals surface area contributed by atoms with Crippen LogP contribution in [0.4, 0.5) is 11.4 Å². The van der Waals surface area contributed by atoms with Gasteiger partial charge in [0.25, 0.3) is 0 Å². The van der Waals surface area contributed by atoms with E-state index in [0.29, 0.717) is 11.4 Å². The number of nitrogens with one attached hydrogen (secondary N) is 1. The number of para-hydroxylation sites is 2. The second-order valence-electron chi connectivity index (χ2n) is 4.95. The minimum atomic E-state index is -1.36. The molecule has 1 aromatic carbocycles. The Labute approximate surface area is 110 Å². The monoisotopic (exact) mass is 261 g/mol. The highest BCUT2D eigenvalue weighted by Gasteiger charge is 2.40. The highest BCUT2D eigenvalue weighted by Crippen LogP contribution is 2.32. The van der Waals surface area contributed by atoms with E-state index in [-0.39, 0.29) is 12.5 Å². The van der Waals surface area contributed by atoms with Crippen molar-refractivity contribution in [1.82, 2.24) is 0 Å². The number of rotatable bonds is 2. The van der Waals surface area contributed by atoms with Gasteiger partial charge in [-0.25, -0.2) is 0 Å². The molecule has 0 bridgehead atoms. The summed E-state index contributed by atoms with van der Waals surface area (Å²) in [5, 5.41) is 2.68. The van der Waals surface area contributed by atoms with E-state index in [0.717, 1.165) is 0 Å². The van der Waals surface area contributed by atoms with Crippen LogP contribution in [0.1, 0.15) is 13.8 Å². The van der Waals surface area contributed by atoms with Crippen molar-refractivity contribution in [1.29, 1.82) is 0 Å². The van der Waals surface area contributed by atoms with Crippen molar-refractivity contribution in [2.75, 3.05) is 16.8 Å². The molecule has 19 heavy (non-hydrogen) atoms. The molecule has 0 atom stereocenters. The Kier molecular flexibility index (Phi) is 3.01. The van der Waals surface area contributed by atoms with Gasteiger partial charge in [0.15, 0.2) is 0 Å². The van der Waals surface area contributed by atoms with E-state index in [1.54, 1.807) is 24.3 Å². The van der Waals surface area contributed by atoms with Crippen molar-refractivity contribution >= 4 is 29.1 Å². The molecule has 100 valence electrons. The van der Waals surface area contributed by atoms with Crippen molar-refractivity contribution in [3.63, 3.8) is 0 Å². The van der Waals surface area contributed by atoms with Crippen molar-refractivity contribution in [3.05, 3.63) is 24.3 Å². The number of hydrogen-bond donors (Lipinski definition) is 2. The van der Waals surface area contributed by atoms with E-state index in [1.165, 1.54) is 18.7 Å². The summed E-state index contributed by atoms with van der Waals surface area (Å²) < 4.78 is 0. The fourth-order valence-corrected chi connectivity index (χ4v) is 1.86. The lowest BCUT2D eigenvalue weighted by molar-refractivity contribution is -0.138. The molecule has 0 aromatic heterocycles. The molecule has 0 spiro atoms. The smallest absolute Gasteiger partial charge is 0.244 e. The van der Waals surface area contributed by atoms with E-state index >= 15 is 0 Å². The van der Waals surface area contributed by atoms with Crippen LogP contribution in [-0.2, 0) is 14.4 Å². The van der Waals surface area contributed by atoms with Gasteiger partial charge in [0, 0.05) is 0 Å². The molecule has 0 aliphatic carbocycles. The third-order valence-electron chi connectivity index (χ3n) is 3.17. The number of nitrogens with two attached hydrogens (primary N) is 1. The van der Waals surface area contributed by atoms with Crippen LogP contribution in [0, 0.1) is 5.41 Å². The predicted molar refractivity (Wildman–Crippen MR) is 70.4 cm³/mol. The lowest BCUT2D eigenvalue weighted by Crippen LogP contribution is -2.51. The second-order valence-corrected chi connectivity index (χ2v) is 4.95. The van der Waals surface area contributed by atoms with E-state index in [1.807, 2.05) is 0 Å². The molecule has 0 saturated heterocycles. The summed E-state index contributed by atoms with van der Waals surface area (Å²) in [5.41, 5.74) is 5.01. The van der Waals surface area contributed by atoms with Gasteiger partial charge in [0.2, 0.25) is 17.7 Å². The van der Waals surface area contributed by atoms with Gasteiger partial charge in [-0.2, -0.15) is 0 Å². The molecule has 3 amide bonds. The Bertz CT molecular complexity index is 566. The van der Waals surface area contributed by atoms with E-state index in [4.69, 9.17) is 5.73 Å². The summed E-state index contributed by atoms with van der Waals surface area (Å²) in [4.78, 5) is 36.7. The fourth-order valence-electron chi connectivity index (χ4n) is 1.86. The number of carbonyl (C=O) groups is 3. The van der Waals surface area contributed by atoms with Crippen LogP contribution in [0.25, 0.3) is 0 Å². The summed E-state index contributed by atoms with van der Waals surface area (Å²) in [6.07, 6.45) is 0. The first kappa shape index (κ1) is 13.1. The quantitative estimate of drug-likeness (QED) is 0.758. The number of nitrogens with zero attached hydrogens (tertiary/aromatic N) is 1. The summed E-state index contributed by atoms with van der Waals surface area (Å²) in [5.74, 6) is -1.50. The summed E-state index contributed by atoms with van der Waals surface area (Å²) in [6, 6.07) is 6.92. The largest absolute Gasteiger partial charge is 0.369 e. The highest BCUT2D eigenvalue weighted by molar-refractivity contribution is 6.16. The van der Waals surface area contributed by atoms with Gasteiger partial charge in [0.1, 0.15) is 12.0 Å². The molecular weight excluding hydrogens is 246 g/mol. The Morgan fingerprint density at radius 3 is 2.58 bits per heavy atom. The van der Waals surface area contributed by atoms with E-state index in [2.05, 4.69) is 5.32 Å². The summed E-state index contributed by atoms with van der Waals surface area (Å²) in [7, 11) is 0. The van der Waals surface area contributed by atoms with Gasteiger partial charge in [0.05, 0.1) is 11.4 Å².